The van der Waals surface area contributed by atoms with Gasteiger partial charge in [0, 0.05) is 45.0 Å². The van der Waals surface area contributed by atoms with Gasteiger partial charge in [0.15, 0.2) is 5.96 Å². The summed E-state index contributed by atoms with van der Waals surface area (Å²) in [6, 6.07) is 8.23. The second-order valence-corrected chi connectivity index (χ2v) is 6.62. The highest BCUT2D eigenvalue weighted by Gasteiger charge is 2.21. The smallest absolute Gasteiger partial charge is 0.189 e. The second kappa shape index (κ2) is 11.6. The summed E-state index contributed by atoms with van der Waals surface area (Å²) in [5.74, 6) is 2.07. The topological polar surface area (TPSA) is 78.1 Å². The molecule has 0 bridgehead atoms. The monoisotopic (exact) mass is 475 g/mol. The van der Waals surface area contributed by atoms with E-state index in [9.17, 15) is 0 Å². The quantitative estimate of drug-likeness (QED) is 0.275. The Hall–Kier alpha value is -1.06. The zero-order valence-electron chi connectivity index (χ0n) is 15.2. The maximum atomic E-state index is 6.04. The van der Waals surface area contributed by atoms with Gasteiger partial charge in [-0.15, -0.1) is 24.0 Å². The van der Waals surface area contributed by atoms with Gasteiger partial charge in [-0.05, 0) is 31.2 Å². The molecule has 1 unspecified atom stereocenters. The Kier molecular flexibility index (Phi) is 9.49. The Labute approximate surface area is 172 Å². The largest absolute Gasteiger partial charge is 0.493 e. The fraction of sp³-hybridized carbons (Fsp3) is 0.632. The summed E-state index contributed by atoms with van der Waals surface area (Å²) in [7, 11) is 0. The number of hydrogen-bond acceptors (Lipinski definition) is 4. The average molecular weight is 475 g/mol. The summed E-state index contributed by atoms with van der Waals surface area (Å²) in [6.07, 6.45) is 4.00. The van der Waals surface area contributed by atoms with Gasteiger partial charge in [-0.25, -0.2) is 0 Å². The van der Waals surface area contributed by atoms with Crippen molar-refractivity contribution in [1.29, 1.82) is 0 Å². The minimum atomic E-state index is 0. The van der Waals surface area contributed by atoms with Crippen molar-refractivity contribution in [2.24, 2.45) is 16.6 Å². The standard InChI is InChI=1S/C19H29N3O3.HI/c20-19(21-9-3-10-24-14-15-6-11-23-12-7-15)22-17-8-13-25-18-5-2-1-4-16(17)18;/h1-2,4-5,15,17H,3,6-14H2,(H3,20,21,22);1H. The van der Waals surface area contributed by atoms with Gasteiger partial charge in [0.2, 0.25) is 0 Å². The van der Waals surface area contributed by atoms with Gasteiger partial charge in [-0.3, -0.25) is 4.99 Å². The zero-order chi connectivity index (χ0) is 17.3. The highest BCUT2D eigenvalue weighted by Crippen LogP contribution is 2.31. The summed E-state index contributed by atoms with van der Waals surface area (Å²) in [4.78, 5) is 4.42. The molecular formula is C19H30IN3O3. The van der Waals surface area contributed by atoms with Crippen LogP contribution < -0.4 is 15.8 Å². The second-order valence-electron chi connectivity index (χ2n) is 6.62. The molecule has 7 heteroatoms. The Morgan fingerprint density at radius 1 is 1.19 bits per heavy atom. The lowest BCUT2D eigenvalue weighted by Crippen LogP contribution is -2.37. The molecule has 0 amide bonds. The molecule has 26 heavy (non-hydrogen) atoms. The number of nitrogens with two attached hydrogens (primary N) is 1. The molecule has 1 fully saturated rings. The maximum absolute atomic E-state index is 6.04. The van der Waals surface area contributed by atoms with E-state index in [1.54, 1.807) is 0 Å². The van der Waals surface area contributed by atoms with Gasteiger partial charge in [0.05, 0.1) is 12.6 Å². The van der Waals surface area contributed by atoms with Gasteiger partial charge < -0.3 is 25.3 Å². The minimum Gasteiger partial charge on any atom is -0.493 e. The van der Waals surface area contributed by atoms with Crippen LogP contribution in [0.15, 0.2) is 29.3 Å². The van der Waals surface area contributed by atoms with Gasteiger partial charge >= 0.3 is 0 Å². The van der Waals surface area contributed by atoms with E-state index in [2.05, 4.69) is 16.4 Å². The van der Waals surface area contributed by atoms with E-state index in [1.165, 1.54) is 0 Å². The third kappa shape index (κ3) is 6.59. The molecule has 6 nitrogen and oxygen atoms in total. The van der Waals surface area contributed by atoms with E-state index in [0.29, 0.717) is 25.0 Å². The molecule has 1 saturated heterocycles. The molecule has 0 radical (unpaired) electrons. The van der Waals surface area contributed by atoms with Gasteiger partial charge in [0.1, 0.15) is 5.75 Å². The van der Waals surface area contributed by atoms with Crippen molar-refractivity contribution in [3.63, 3.8) is 0 Å². The Bertz CT molecular complexity index is 565. The SMILES string of the molecule is I.NC(=NCCCOCC1CCOCC1)NC1CCOc2ccccc21. The van der Waals surface area contributed by atoms with Crippen LogP contribution in [0.25, 0.3) is 0 Å². The lowest BCUT2D eigenvalue weighted by molar-refractivity contribution is 0.0205. The van der Waals surface area contributed by atoms with Crippen LogP contribution in [0, 0.1) is 5.92 Å². The molecule has 146 valence electrons. The summed E-state index contributed by atoms with van der Waals surface area (Å²) >= 11 is 0. The lowest BCUT2D eigenvalue weighted by Gasteiger charge is -2.26. The van der Waals surface area contributed by atoms with Crippen LogP contribution in [0.5, 0.6) is 5.75 Å². The van der Waals surface area contributed by atoms with Gasteiger partial charge in [0.25, 0.3) is 0 Å². The van der Waals surface area contributed by atoms with Crippen LogP contribution in [0.1, 0.15) is 37.3 Å². The highest BCUT2D eigenvalue weighted by atomic mass is 127. The Balaban J connectivity index is 0.00000243. The number of nitrogens with one attached hydrogen (secondary N) is 1. The summed E-state index contributed by atoms with van der Waals surface area (Å²) < 4.78 is 16.8. The fourth-order valence-corrected chi connectivity index (χ4v) is 3.25. The number of hydrogen-bond donors (Lipinski definition) is 2. The summed E-state index contributed by atoms with van der Waals surface area (Å²) in [5.41, 5.74) is 7.18. The Morgan fingerprint density at radius 3 is 2.85 bits per heavy atom. The predicted octanol–water partition coefficient (Wildman–Crippen LogP) is 2.87. The average Bonchev–Trinajstić information content (AvgIpc) is 2.66. The van der Waals surface area contributed by atoms with Crippen molar-refractivity contribution in [3.05, 3.63) is 29.8 Å². The first-order valence-corrected chi connectivity index (χ1v) is 9.26. The first-order chi connectivity index (χ1) is 12.3. The molecule has 3 rings (SSSR count). The van der Waals surface area contributed by atoms with Crippen molar-refractivity contribution < 1.29 is 14.2 Å². The molecule has 1 atom stereocenters. The first-order valence-electron chi connectivity index (χ1n) is 9.26. The number of aliphatic imine (C=N–C) groups is 1. The first kappa shape index (κ1) is 21.2. The minimum absolute atomic E-state index is 0. The molecule has 0 aliphatic carbocycles. The predicted molar refractivity (Wildman–Crippen MR) is 113 cm³/mol. The molecule has 0 aromatic heterocycles. The third-order valence-electron chi connectivity index (χ3n) is 4.70. The van der Waals surface area contributed by atoms with E-state index in [4.69, 9.17) is 19.9 Å². The number of guanidine groups is 1. The Morgan fingerprint density at radius 2 is 2.00 bits per heavy atom. The van der Waals surface area contributed by atoms with Gasteiger partial charge in [-0.1, -0.05) is 18.2 Å². The fourth-order valence-electron chi connectivity index (χ4n) is 3.25. The number of nitrogens with zero attached hydrogens (tertiary/aromatic N) is 1. The maximum Gasteiger partial charge on any atom is 0.189 e. The molecule has 0 spiro atoms. The molecule has 3 N–H and O–H groups in total. The third-order valence-corrected chi connectivity index (χ3v) is 4.70. The molecule has 2 heterocycles. The van der Waals surface area contributed by atoms with Crippen LogP contribution >= 0.6 is 24.0 Å². The number of fused-ring (bicyclic) bond motifs is 1. The number of rotatable bonds is 7. The molecule has 2 aliphatic rings. The van der Waals surface area contributed by atoms with E-state index >= 15 is 0 Å². The van der Waals surface area contributed by atoms with E-state index in [-0.39, 0.29) is 30.0 Å². The highest BCUT2D eigenvalue weighted by molar-refractivity contribution is 14.0. The van der Waals surface area contributed by atoms with Crippen LogP contribution in [0.4, 0.5) is 0 Å². The number of halogens is 1. The van der Waals surface area contributed by atoms with Crippen molar-refractivity contribution in [2.45, 2.75) is 31.7 Å². The van der Waals surface area contributed by atoms with Gasteiger partial charge in [-0.2, -0.15) is 0 Å². The van der Waals surface area contributed by atoms with Crippen molar-refractivity contribution >= 4 is 29.9 Å². The molecule has 1 aromatic carbocycles. The zero-order valence-corrected chi connectivity index (χ0v) is 17.5. The van der Waals surface area contributed by atoms with E-state index in [1.807, 2.05) is 18.2 Å². The summed E-state index contributed by atoms with van der Waals surface area (Å²) in [5, 5.41) is 3.31. The normalized spacial score (nSPS) is 20.6. The van der Waals surface area contributed by atoms with Crippen molar-refractivity contribution in [1.82, 2.24) is 5.32 Å². The van der Waals surface area contributed by atoms with Crippen LogP contribution in [-0.4, -0.2) is 45.5 Å². The van der Waals surface area contributed by atoms with E-state index in [0.717, 1.165) is 63.4 Å². The summed E-state index contributed by atoms with van der Waals surface area (Å²) in [6.45, 7) is 4.68. The number of para-hydroxylation sites is 1. The van der Waals surface area contributed by atoms with Crippen molar-refractivity contribution in [3.8, 4) is 5.75 Å². The number of ether oxygens (including phenoxy) is 3. The number of benzene rings is 1. The lowest BCUT2D eigenvalue weighted by atomic mass is 10.0. The van der Waals surface area contributed by atoms with Crippen LogP contribution in [0.3, 0.4) is 0 Å². The molecule has 0 saturated carbocycles. The molecule has 2 aliphatic heterocycles. The van der Waals surface area contributed by atoms with Crippen LogP contribution in [0.2, 0.25) is 0 Å². The molecule has 1 aromatic rings. The molecular weight excluding hydrogens is 445 g/mol. The van der Waals surface area contributed by atoms with Crippen molar-refractivity contribution in [2.75, 3.05) is 39.6 Å². The van der Waals surface area contributed by atoms with E-state index < -0.39 is 0 Å². The van der Waals surface area contributed by atoms with Crippen LogP contribution in [-0.2, 0) is 9.47 Å².